The average Bonchev–Trinajstić information content (AvgIpc) is 2.52. The van der Waals surface area contributed by atoms with E-state index in [2.05, 4.69) is 6.92 Å². The number of halogens is 1. The second kappa shape index (κ2) is 5.40. The van der Waals surface area contributed by atoms with Crippen molar-refractivity contribution in [3.05, 3.63) is 21.3 Å². The third-order valence-corrected chi connectivity index (χ3v) is 3.13. The predicted molar refractivity (Wildman–Crippen MR) is 57.8 cm³/mol. The molecule has 0 spiro atoms. The number of ketones is 1. The van der Waals surface area contributed by atoms with Crippen LogP contribution in [0.2, 0.25) is 4.34 Å². The van der Waals surface area contributed by atoms with Crippen molar-refractivity contribution in [3.8, 4) is 0 Å². The van der Waals surface area contributed by atoms with E-state index in [4.69, 9.17) is 11.6 Å². The molecule has 0 radical (unpaired) electrons. The van der Waals surface area contributed by atoms with Crippen molar-refractivity contribution < 1.29 is 4.79 Å². The number of carbonyl (C=O) groups is 1. The van der Waals surface area contributed by atoms with Crippen LogP contribution in [0.25, 0.3) is 0 Å². The first-order valence-corrected chi connectivity index (χ1v) is 5.72. The fraction of sp³-hybridized carbons (Fsp3) is 0.500. The molecule has 0 unspecified atom stereocenters. The van der Waals surface area contributed by atoms with Crippen LogP contribution < -0.4 is 0 Å². The highest BCUT2D eigenvalue weighted by Crippen LogP contribution is 2.23. The van der Waals surface area contributed by atoms with E-state index in [-0.39, 0.29) is 5.78 Å². The van der Waals surface area contributed by atoms with Crippen LogP contribution in [0.3, 0.4) is 0 Å². The van der Waals surface area contributed by atoms with Gasteiger partial charge in [0.2, 0.25) is 0 Å². The second-order valence-electron chi connectivity index (χ2n) is 2.98. The molecule has 0 aliphatic heterocycles. The zero-order chi connectivity index (χ0) is 9.68. The smallest absolute Gasteiger partial charge is 0.172 e. The average molecular weight is 217 g/mol. The summed E-state index contributed by atoms with van der Waals surface area (Å²) in [5.41, 5.74) is 0. The Balaban J connectivity index is 2.40. The topological polar surface area (TPSA) is 17.1 Å². The Hall–Kier alpha value is -0.340. The quantitative estimate of drug-likeness (QED) is 0.534. The fourth-order valence-corrected chi connectivity index (χ4v) is 2.13. The lowest BCUT2D eigenvalue weighted by molar-refractivity contribution is 0.0983. The Kier molecular flexibility index (Phi) is 4.46. The molecule has 13 heavy (non-hydrogen) atoms. The first-order valence-electron chi connectivity index (χ1n) is 4.52. The molecular weight excluding hydrogens is 204 g/mol. The maximum atomic E-state index is 11.5. The summed E-state index contributed by atoms with van der Waals surface area (Å²) in [5, 5.41) is 0. The highest BCUT2D eigenvalue weighted by Gasteiger charge is 2.07. The molecule has 0 saturated carbocycles. The minimum Gasteiger partial charge on any atom is -0.293 e. The monoisotopic (exact) mass is 216 g/mol. The molecule has 1 aromatic heterocycles. The van der Waals surface area contributed by atoms with Crippen LogP contribution in [0, 0.1) is 0 Å². The van der Waals surface area contributed by atoms with E-state index in [1.54, 1.807) is 12.1 Å². The minimum absolute atomic E-state index is 0.227. The summed E-state index contributed by atoms with van der Waals surface area (Å²) in [6, 6.07) is 3.58. The number of thiophene rings is 1. The molecule has 72 valence electrons. The van der Waals surface area contributed by atoms with E-state index in [0.29, 0.717) is 10.8 Å². The van der Waals surface area contributed by atoms with Gasteiger partial charge < -0.3 is 0 Å². The fourth-order valence-electron chi connectivity index (χ4n) is 1.12. The van der Waals surface area contributed by atoms with Gasteiger partial charge in [0, 0.05) is 6.42 Å². The third kappa shape index (κ3) is 3.49. The van der Waals surface area contributed by atoms with Crippen molar-refractivity contribution in [1.29, 1.82) is 0 Å². The largest absolute Gasteiger partial charge is 0.293 e. The second-order valence-corrected chi connectivity index (χ2v) is 4.70. The lowest BCUT2D eigenvalue weighted by Gasteiger charge is -1.95. The normalized spacial score (nSPS) is 10.3. The summed E-state index contributed by atoms with van der Waals surface area (Å²) in [6.07, 6.45) is 3.93. The SMILES string of the molecule is CCCCCC(=O)c1ccc(Cl)s1. The molecule has 0 saturated heterocycles. The Labute approximate surface area is 87.7 Å². The molecule has 1 aromatic rings. The molecule has 3 heteroatoms. The number of rotatable bonds is 5. The summed E-state index contributed by atoms with van der Waals surface area (Å²) >= 11 is 7.10. The molecule has 0 amide bonds. The summed E-state index contributed by atoms with van der Waals surface area (Å²) in [6.45, 7) is 2.13. The Morgan fingerprint density at radius 1 is 1.46 bits per heavy atom. The van der Waals surface area contributed by atoms with Gasteiger partial charge in [-0.15, -0.1) is 11.3 Å². The molecule has 0 atom stereocenters. The van der Waals surface area contributed by atoms with Gasteiger partial charge in [-0.1, -0.05) is 31.4 Å². The van der Waals surface area contributed by atoms with Crippen molar-refractivity contribution in [1.82, 2.24) is 0 Å². The van der Waals surface area contributed by atoms with Crippen LogP contribution in [0.1, 0.15) is 42.3 Å². The van der Waals surface area contributed by atoms with Crippen LogP contribution >= 0.6 is 22.9 Å². The molecule has 0 fully saturated rings. The van der Waals surface area contributed by atoms with Gasteiger partial charge in [-0.2, -0.15) is 0 Å². The van der Waals surface area contributed by atoms with E-state index in [1.165, 1.54) is 11.3 Å². The van der Waals surface area contributed by atoms with Crippen molar-refractivity contribution in [3.63, 3.8) is 0 Å². The standard InChI is InChI=1S/C10H13ClOS/c1-2-3-4-5-8(12)9-6-7-10(11)13-9/h6-7H,2-5H2,1H3. The van der Waals surface area contributed by atoms with Crippen molar-refractivity contribution in [2.75, 3.05) is 0 Å². The molecule has 1 rings (SSSR count). The summed E-state index contributed by atoms with van der Waals surface area (Å²) in [7, 11) is 0. The number of Topliss-reactive ketones (excluding diaryl/α,β-unsaturated/α-hetero) is 1. The van der Waals surface area contributed by atoms with Crippen LogP contribution in [0.4, 0.5) is 0 Å². The van der Waals surface area contributed by atoms with Crippen LogP contribution in [-0.2, 0) is 0 Å². The van der Waals surface area contributed by atoms with Gasteiger partial charge in [0.15, 0.2) is 5.78 Å². The van der Waals surface area contributed by atoms with Crippen LogP contribution in [0.15, 0.2) is 12.1 Å². The lowest BCUT2D eigenvalue weighted by Crippen LogP contribution is -1.94. The molecule has 0 aromatic carbocycles. The number of hydrogen-bond donors (Lipinski definition) is 0. The van der Waals surface area contributed by atoms with E-state index < -0.39 is 0 Å². The number of carbonyl (C=O) groups excluding carboxylic acids is 1. The van der Waals surface area contributed by atoms with Gasteiger partial charge in [0.1, 0.15) is 0 Å². The third-order valence-electron chi connectivity index (χ3n) is 1.86. The van der Waals surface area contributed by atoms with Crippen molar-refractivity contribution in [2.24, 2.45) is 0 Å². The van der Waals surface area contributed by atoms with Gasteiger partial charge in [0.05, 0.1) is 9.21 Å². The molecule has 0 bridgehead atoms. The lowest BCUT2D eigenvalue weighted by atomic mass is 10.1. The van der Waals surface area contributed by atoms with Gasteiger partial charge >= 0.3 is 0 Å². The maximum absolute atomic E-state index is 11.5. The first-order chi connectivity index (χ1) is 6.24. The molecule has 0 aliphatic rings. The zero-order valence-corrected chi connectivity index (χ0v) is 9.25. The summed E-state index contributed by atoms with van der Waals surface area (Å²) < 4.78 is 0.693. The molecule has 0 N–H and O–H groups in total. The van der Waals surface area contributed by atoms with E-state index >= 15 is 0 Å². The Morgan fingerprint density at radius 3 is 2.77 bits per heavy atom. The molecule has 0 aliphatic carbocycles. The van der Waals surface area contributed by atoms with Gasteiger partial charge in [0.25, 0.3) is 0 Å². The Bertz CT molecular complexity index is 280. The molecule has 1 nitrogen and oxygen atoms in total. The molecular formula is C10H13ClOS. The van der Waals surface area contributed by atoms with Crippen LogP contribution in [0.5, 0.6) is 0 Å². The van der Waals surface area contributed by atoms with Crippen molar-refractivity contribution >= 4 is 28.7 Å². The minimum atomic E-state index is 0.227. The Morgan fingerprint density at radius 2 is 2.23 bits per heavy atom. The van der Waals surface area contributed by atoms with Crippen LogP contribution in [-0.4, -0.2) is 5.78 Å². The van der Waals surface area contributed by atoms with Gasteiger partial charge in [-0.25, -0.2) is 0 Å². The summed E-state index contributed by atoms with van der Waals surface area (Å²) in [4.78, 5) is 12.3. The van der Waals surface area contributed by atoms with Gasteiger partial charge in [-0.05, 0) is 18.6 Å². The zero-order valence-electron chi connectivity index (χ0n) is 7.68. The highest BCUT2D eigenvalue weighted by molar-refractivity contribution is 7.18. The number of unbranched alkanes of at least 4 members (excludes halogenated alkanes) is 2. The number of hydrogen-bond acceptors (Lipinski definition) is 2. The first kappa shape index (κ1) is 10.7. The van der Waals surface area contributed by atoms with E-state index in [9.17, 15) is 4.79 Å². The predicted octanol–water partition coefficient (Wildman–Crippen LogP) is 4.16. The highest BCUT2D eigenvalue weighted by atomic mass is 35.5. The summed E-state index contributed by atoms with van der Waals surface area (Å²) in [5.74, 6) is 0.227. The maximum Gasteiger partial charge on any atom is 0.172 e. The molecule has 1 heterocycles. The van der Waals surface area contributed by atoms with E-state index in [1.807, 2.05) is 0 Å². The van der Waals surface area contributed by atoms with Crippen molar-refractivity contribution in [2.45, 2.75) is 32.6 Å². The van der Waals surface area contributed by atoms with E-state index in [0.717, 1.165) is 24.1 Å². The van der Waals surface area contributed by atoms with Gasteiger partial charge in [-0.3, -0.25) is 4.79 Å².